The van der Waals surface area contributed by atoms with Crippen LogP contribution in [0, 0.1) is 5.92 Å². The van der Waals surface area contributed by atoms with Gasteiger partial charge in [0.15, 0.2) is 11.4 Å². The number of Topliss-reactive ketones (excluding diaryl/α,β-unsaturated/α-hetero) is 2. The first-order valence-electron chi connectivity index (χ1n) is 9.93. The van der Waals surface area contributed by atoms with Crippen molar-refractivity contribution in [2.45, 2.75) is 30.4 Å². The number of phenols is 2. The predicted molar refractivity (Wildman–Crippen MR) is 127 cm³/mol. The summed E-state index contributed by atoms with van der Waals surface area (Å²) in [6, 6.07) is 0.722. The number of aliphatic hydroxyl groups is 2. The maximum Gasteiger partial charge on any atom is 0.298 e. The van der Waals surface area contributed by atoms with Gasteiger partial charge >= 0.3 is 0 Å². The first-order chi connectivity index (χ1) is 16.0. The van der Waals surface area contributed by atoms with Crippen LogP contribution in [0.15, 0.2) is 28.4 Å². The molecule has 4 rings (SSSR count). The molecule has 12 nitrogen and oxygen atoms in total. The summed E-state index contributed by atoms with van der Waals surface area (Å²) in [5.74, 6) is -8.33. The van der Waals surface area contributed by atoms with Gasteiger partial charge in [-0.15, -0.1) is 0 Å². The Labute approximate surface area is 209 Å². The molecular formula is C22H23ClN2O10S. The second kappa shape index (κ2) is 8.42. The van der Waals surface area contributed by atoms with E-state index in [0.29, 0.717) is 0 Å². The Balaban J connectivity index is 0.00000361. The Morgan fingerprint density at radius 2 is 1.75 bits per heavy atom. The number of nitrogens with zero attached hydrogens (tertiary/aromatic N) is 1. The molecule has 194 valence electrons. The van der Waals surface area contributed by atoms with E-state index in [0.717, 1.165) is 6.07 Å². The lowest BCUT2D eigenvalue weighted by molar-refractivity contribution is -0.132. The molecule has 0 heterocycles. The van der Waals surface area contributed by atoms with Gasteiger partial charge in [-0.25, -0.2) is 0 Å². The number of aliphatic hydroxyl groups excluding tert-OH is 1. The molecule has 0 aliphatic heterocycles. The van der Waals surface area contributed by atoms with E-state index >= 15 is 0 Å². The Morgan fingerprint density at radius 3 is 2.25 bits per heavy atom. The largest absolute Gasteiger partial charge is 0.508 e. The summed E-state index contributed by atoms with van der Waals surface area (Å²) in [7, 11) is -2.10. The molecule has 36 heavy (non-hydrogen) atoms. The molecule has 2 aliphatic carbocycles. The fourth-order valence-corrected chi connectivity index (χ4v) is 5.92. The number of primary amides is 1. The number of carbonyl (C=O) groups excluding carboxylic acids is 3. The average Bonchev–Trinajstić information content (AvgIpc) is 2.71. The number of phenolic OH excluding ortho intramolecular Hbond substituents is 2. The van der Waals surface area contributed by atoms with Gasteiger partial charge in [0, 0.05) is 11.3 Å². The minimum atomic E-state index is -5.00. The zero-order valence-corrected chi connectivity index (χ0v) is 19.7. The van der Waals surface area contributed by atoms with E-state index < -0.39 is 83.8 Å². The molecule has 0 saturated heterocycles. The van der Waals surface area contributed by atoms with Crippen LogP contribution in [0.4, 0.5) is 0 Å². The van der Waals surface area contributed by atoms with Gasteiger partial charge in [-0.05, 0) is 38.2 Å². The van der Waals surface area contributed by atoms with E-state index in [-0.39, 0.29) is 29.8 Å². The summed E-state index contributed by atoms with van der Waals surface area (Å²) < 4.78 is 32.7. The minimum absolute atomic E-state index is 0. The summed E-state index contributed by atoms with van der Waals surface area (Å²) in [5, 5.41) is 42.6. The van der Waals surface area contributed by atoms with Crippen molar-refractivity contribution in [2.75, 3.05) is 14.1 Å². The number of benzene rings is 2. The van der Waals surface area contributed by atoms with Crippen LogP contribution in [-0.2, 0) is 26.1 Å². The van der Waals surface area contributed by atoms with Gasteiger partial charge in [0.05, 0.1) is 22.0 Å². The molecule has 2 aliphatic rings. The van der Waals surface area contributed by atoms with Gasteiger partial charge in [0.1, 0.15) is 27.7 Å². The minimum Gasteiger partial charge on any atom is -0.508 e. The third-order valence-electron chi connectivity index (χ3n) is 6.49. The Kier molecular flexibility index (Phi) is 6.40. The average molecular weight is 543 g/mol. The van der Waals surface area contributed by atoms with E-state index in [1.807, 2.05) is 0 Å². The molecule has 3 atom stereocenters. The first kappa shape index (κ1) is 27.4. The van der Waals surface area contributed by atoms with Crippen molar-refractivity contribution in [3.8, 4) is 11.5 Å². The van der Waals surface area contributed by atoms with Crippen molar-refractivity contribution in [3.63, 3.8) is 0 Å². The van der Waals surface area contributed by atoms with Gasteiger partial charge in [-0.3, -0.25) is 23.8 Å². The van der Waals surface area contributed by atoms with E-state index in [1.54, 1.807) is 0 Å². The zero-order chi connectivity index (χ0) is 26.4. The smallest absolute Gasteiger partial charge is 0.298 e. The van der Waals surface area contributed by atoms with Crippen molar-refractivity contribution in [3.05, 3.63) is 39.6 Å². The molecule has 0 aromatic heterocycles. The van der Waals surface area contributed by atoms with Gasteiger partial charge < -0.3 is 26.2 Å². The molecule has 0 radical (unpaired) electrons. The lowest BCUT2D eigenvalue weighted by atomic mass is 9.62. The van der Waals surface area contributed by atoms with Crippen LogP contribution in [0.2, 0.25) is 5.02 Å². The number of amides is 1. The fourth-order valence-electron chi connectivity index (χ4n) is 4.98. The quantitative estimate of drug-likeness (QED) is 0.234. The highest BCUT2D eigenvalue weighted by Gasteiger charge is 2.62. The van der Waals surface area contributed by atoms with E-state index in [9.17, 15) is 47.8 Å². The van der Waals surface area contributed by atoms with Crippen LogP contribution < -0.4 is 5.73 Å². The molecule has 2 aromatic carbocycles. The van der Waals surface area contributed by atoms with Gasteiger partial charge in [0.2, 0.25) is 5.78 Å². The van der Waals surface area contributed by atoms with Crippen LogP contribution in [0.1, 0.15) is 23.3 Å². The number of aromatic hydroxyl groups is 2. The standard InChI is InChI=1S/C21H19ClN2O10S.CH4/c1-24(2)14-8-4-6-3-7-9(22)5-10(35(32,33)34)15(25)12(7)16(26)11(6)18(28)21(8,31)19(29)13(17(14)27)20(23)30;/h3,5,8,14,25-26,29,31H,4H2,1-2H3,(H2,23,30)(H,32,33,34);1H4/t8-,14-,21-;/m0./s1. The number of halogens is 1. The summed E-state index contributed by atoms with van der Waals surface area (Å²) in [5.41, 5.74) is 0.838. The molecule has 0 spiro atoms. The van der Waals surface area contributed by atoms with E-state index in [1.165, 1.54) is 25.1 Å². The van der Waals surface area contributed by atoms with Crippen molar-refractivity contribution < 1.29 is 47.8 Å². The van der Waals surface area contributed by atoms with Crippen LogP contribution in [0.3, 0.4) is 0 Å². The molecule has 2 aromatic rings. The SMILES string of the molecule is C.CN(C)[C@@H]1C(=O)C(C(N)=O)=C(O)[C@@]2(O)C(=O)c3c(cc4c(Cl)cc(S(=O)(=O)O)c(O)c4c3O)C[C@@H]12. The van der Waals surface area contributed by atoms with Crippen molar-refractivity contribution in [2.24, 2.45) is 11.7 Å². The number of hydrogen-bond donors (Lipinski definition) is 6. The molecule has 14 heteroatoms. The summed E-state index contributed by atoms with van der Waals surface area (Å²) in [6.07, 6.45) is -0.289. The Bertz CT molecular complexity index is 1510. The van der Waals surface area contributed by atoms with Crippen molar-refractivity contribution in [1.82, 2.24) is 4.90 Å². The molecule has 0 saturated carbocycles. The van der Waals surface area contributed by atoms with E-state index in [4.69, 9.17) is 17.3 Å². The Hall–Kier alpha value is -3.23. The van der Waals surface area contributed by atoms with Crippen molar-refractivity contribution in [1.29, 1.82) is 0 Å². The lowest BCUT2D eigenvalue weighted by Crippen LogP contribution is -2.64. The van der Waals surface area contributed by atoms with Crippen LogP contribution in [0.25, 0.3) is 10.8 Å². The topological polar surface area (TPSA) is 216 Å². The predicted octanol–water partition coefficient (Wildman–Crippen LogP) is 0.684. The molecule has 7 N–H and O–H groups in total. The van der Waals surface area contributed by atoms with Crippen LogP contribution >= 0.6 is 11.6 Å². The van der Waals surface area contributed by atoms with Gasteiger partial charge in [-0.1, -0.05) is 19.0 Å². The fraction of sp³-hybridized carbons (Fsp3) is 0.318. The molecule has 0 bridgehead atoms. The second-order valence-electron chi connectivity index (χ2n) is 8.63. The number of fused-ring (bicyclic) bond motifs is 3. The van der Waals surface area contributed by atoms with E-state index in [2.05, 4.69) is 0 Å². The highest BCUT2D eigenvalue weighted by atomic mass is 35.5. The summed E-state index contributed by atoms with van der Waals surface area (Å²) in [6.45, 7) is 0. The van der Waals surface area contributed by atoms with Crippen LogP contribution in [-0.4, -0.2) is 81.5 Å². The number of carbonyl (C=O) groups is 3. The van der Waals surface area contributed by atoms with Gasteiger partial charge in [0.25, 0.3) is 16.0 Å². The summed E-state index contributed by atoms with van der Waals surface area (Å²) >= 11 is 6.14. The molecule has 0 unspecified atom stereocenters. The first-order valence-corrected chi connectivity index (χ1v) is 11.8. The third kappa shape index (κ3) is 3.46. The van der Waals surface area contributed by atoms with Crippen molar-refractivity contribution >= 4 is 50.0 Å². The number of ketones is 2. The second-order valence-corrected chi connectivity index (χ2v) is 10.4. The summed E-state index contributed by atoms with van der Waals surface area (Å²) in [4.78, 5) is 38.8. The molecule has 1 amide bonds. The number of hydrogen-bond acceptors (Lipinski definition) is 10. The molecule has 0 fully saturated rings. The van der Waals surface area contributed by atoms with Gasteiger partial charge in [-0.2, -0.15) is 8.42 Å². The number of likely N-dealkylation sites (N-methyl/N-ethyl adjacent to an activating group) is 1. The Morgan fingerprint density at radius 1 is 1.17 bits per heavy atom. The highest BCUT2D eigenvalue weighted by molar-refractivity contribution is 7.86. The normalized spacial score (nSPS) is 23.9. The maximum atomic E-state index is 13.6. The monoisotopic (exact) mass is 542 g/mol. The number of nitrogens with two attached hydrogens (primary N) is 1. The maximum absolute atomic E-state index is 13.6. The van der Waals surface area contributed by atoms with Crippen LogP contribution in [0.5, 0.6) is 11.5 Å². The zero-order valence-electron chi connectivity index (χ0n) is 18.1. The number of rotatable bonds is 3. The molecular weight excluding hydrogens is 520 g/mol. The highest BCUT2D eigenvalue weighted by Crippen LogP contribution is 2.51. The third-order valence-corrected chi connectivity index (χ3v) is 7.67. The lowest BCUT2D eigenvalue weighted by Gasteiger charge is -2.47.